The number of rotatable bonds is 6. The number of H-pyrrole nitrogens is 1. The van der Waals surface area contributed by atoms with Crippen LogP contribution in [0.5, 0.6) is 0 Å². The van der Waals surface area contributed by atoms with E-state index < -0.39 is 5.56 Å². The molecule has 0 saturated heterocycles. The SMILES string of the molecule is Cc1nnc(NNC(=O)CCNC(=O)c2ccccc2)[nH]c1=O. The Morgan fingerprint density at radius 1 is 1.17 bits per heavy atom. The van der Waals surface area contributed by atoms with E-state index in [4.69, 9.17) is 0 Å². The predicted octanol–water partition coefficient (Wildman–Crippen LogP) is -0.263. The third-order valence-electron chi connectivity index (χ3n) is 2.85. The fraction of sp³-hybridized carbons (Fsp3) is 0.214. The normalized spacial score (nSPS) is 9.96. The first-order valence-electron chi connectivity index (χ1n) is 6.88. The lowest BCUT2D eigenvalue weighted by Crippen LogP contribution is -2.35. The Hall–Kier alpha value is -3.23. The molecule has 9 nitrogen and oxygen atoms in total. The second kappa shape index (κ2) is 7.69. The Kier molecular flexibility index (Phi) is 5.40. The summed E-state index contributed by atoms with van der Waals surface area (Å²) in [6.07, 6.45) is 0.0646. The van der Waals surface area contributed by atoms with Crippen LogP contribution in [0.3, 0.4) is 0 Å². The van der Waals surface area contributed by atoms with Crippen molar-refractivity contribution in [1.82, 2.24) is 25.9 Å². The van der Waals surface area contributed by atoms with Gasteiger partial charge >= 0.3 is 0 Å². The van der Waals surface area contributed by atoms with Crippen LogP contribution >= 0.6 is 0 Å². The average molecular weight is 316 g/mol. The van der Waals surface area contributed by atoms with Gasteiger partial charge in [0.1, 0.15) is 5.69 Å². The van der Waals surface area contributed by atoms with Crippen molar-refractivity contribution in [3.8, 4) is 0 Å². The first kappa shape index (κ1) is 16.1. The molecule has 2 aromatic rings. The Morgan fingerprint density at radius 3 is 2.61 bits per heavy atom. The lowest BCUT2D eigenvalue weighted by Gasteiger charge is -2.08. The van der Waals surface area contributed by atoms with Gasteiger partial charge in [-0.2, -0.15) is 0 Å². The molecule has 0 radical (unpaired) electrons. The van der Waals surface area contributed by atoms with Gasteiger partial charge in [0.2, 0.25) is 11.9 Å². The van der Waals surface area contributed by atoms with Crippen LogP contribution in [0.4, 0.5) is 5.95 Å². The number of hydrogen-bond acceptors (Lipinski definition) is 6. The topological polar surface area (TPSA) is 129 Å². The van der Waals surface area contributed by atoms with E-state index in [0.29, 0.717) is 5.56 Å². The van der Waals surface area contributed by atoms with Crippen molar-refractivity contribution in [3.05, 3.63) is 51.9 Å². The van der Waals surface area contributed by atoms with Gasteiger partial charge in [0.05, 0.1) is 0 Å². The number of nitrogens with zero attached hydrogens (tertiary/aromatic N) is 2. The van der Waals surface area contributed by atoms with E-state index in [1.54, 1.807) is 24.3 Å². The van der Waals surface area contributed by atoms with Gasteiger partial charge in [0.15, 0.2) is 0 Å². The molecule has 0 saturated carbocycles. The highest BCUT2D eigenvalue weighted by Crippen LogP contribution is 1.97. The minimum absolute atomic E-state index is 0.0299. The largest absolute Gasteiger partial charge is 0.352 e. The quantitative estimate of drug-likeness (QED) is 0.543. The number of carbonyl (C=O) groups is 2. The highest BCUT2D eigenvalue weighted by atomic mass is 16.2. The summed E-state index contributed by atoms with van der Waals surface area (Å²) < 4.78 is 0. The zero-order valence-electron chi connectivity index (χ0n) is 12.4. The van der Waals surface area contributed by atoms with E-state index in [9.17, 15) is 14.4 Å². The van der Waals surface area contributed by atoms with E-state index >= 15 is 0 Å². The molecule has 1 aromatic heterocycles. The van der Waals surface area contributed by atoms with Crippen LogP contribution in [0, 0.1) is 6.92 Å². The van der Waals surface area contributed by atoms with Gasteiger partial charge in [-0.25, -0.2) is 0 Å². The fourth-order valence-electron chi connectivity index (χ4n) is 1.62. The van der Waals surface area contributed by atoms with Crippen LogP contribution in [-0.4, -0.2) is 33.5 Å². The number of nitrogens with one attached hydrogen (secondary N) is 4. The Labute approximate surface area is 131 Å². The molecule has 2 amide bonds. The van der Waals surface area contributed by atoms with Gasteiger partial charge < -0.3 is 5.32 Å². The van der Waals surface area contributed by atoms with Crippen LogP contribution < -0.4 is 21.7 Å². The molecule has 0 aliphatic carbocycles. The molecule has 0 bridgehead atoms. The van der Waals surface area contributed by atoms with E-state index in [1.807, 2.05) is 6.07 Å². The number of anilines is 1. The van der Waals surface area contributed by atoms with Crippen LogP contribution in [0.25, 0.3) is 0 Å². The summed E-state index contributed by atoms with van der Waals surface area (Å²) in [5.41, 5.74) is 5.14. The highest BCUT2D eigenvalue weighted by molar-refractivity contribution is 5.94. The van der Waals surface area contributed by atoms with Gasteiger partial charge in [-0.05, 0) is 19.1 Å². The maximum atomic E-state index is 11.8. The number of benzene rings is 1. The third kappa shape index (κ3) is 4.92. The van der Waals surface area contributed by atoms with Crippen molar-refractivity contribution < 1.29 is 9.59 Å². The lowest BCUT2D eigenvalue weighted by atomic mass is 10.2. The van der Waals surface area contributed by atoms with Crippen molar-refractivity contribution in [2.75, 3.05) is 12.0 Å². The minimum Gasteiger partial charge on any atom is -0.352 e. The molecule has 0 spiro atoms. The van der Waals surface area contributed by atoms with Crippen LogP contribution in [0.15, 0.2) is 35.1 Å². The molecule has 0 unspecified atom stereocenters. The smallest absolute Gasteiger partial charge is 0.274 e. The Balaban J connectivity index is 1.72. The number of carbonyl (C=O) groups excluding carboxylic acids is 2. The summed E-state index contributed by atoms with van der Waals surface area (Å²) in [7, 11) is 0. The van der Waals surface area contributed by atoms with Gasteiger partial charge in [-0.15, -0.1) is 10.2 Å². The zero-order chi connectivity index (χ0) is 16.7. The maximum absolute atomic E-state index is 11.8. The summed E-state index contributed by atoms with van der Waals surface area (Å²) in [5.74, 6) is -0.594. The summed E-state index contributed by atoms with van der Waals surface area (Å²) in [6, 6.07) is 8.70. The highest BCUT2D eigenvalue weighted by Gasteiger charge is 2.06. The van der Waals surface area contributed by atoms with Gasteiger partial charge in [-0.3, -0.25) is 30.2 Å². The fourth-order valence-corrected chi connectivity index (χ4v) is 1.62. The van der Waals surface area contributed by atoms with Gasteiger partial charge in [0, 0.05) is 18.5 Å². The molecule has 120 valence electrons. The molecule has 1 heterocycles. The molecule has 1 aromatic carbocycles. The molecule has 4 N–H and O–H groups in total. The molecular weight excluding hydrogens is 300 g/mol. The van der Waals surface area contributed by atoms with Crippen LogP contribution in [0.1, 0.15) is 22.5 Å². The number of aromatic amines is 1. The number of hydrogen-bond donors (Lipinski definition) is 4. The molecule has 23 heavy (non-hydrogen) atoms. The minimum atomic E-state index is -0.396. The first-order chi connectivity index (χ1) is 11.1. The zero-order valence-corrected chi connectivity index (χ0v) is 12.4. The van der Waals surface area contributed by atoms with E-state index in [-0.39, 0.29) is 36.4 Å². The Morgan fingerprint density at radius 2 is 1.91 bits per heavy atom. The van der Waals surface area contributed by atoms with Crippen molar-refractivity contribution in [2.45, 2.75) is 13.3 Å². The van der Waals surface area contributed by atoms with Crippen molar-refractivity contribution in [3.63, 3.8) is 0 Å². The van der Waals surface area contributed by atoms with E-state index in [1.165, 1.54) is 6.92 Å². The van der Waals surface area contributed by atoms with Crippen molar-refractivity contribution >= 4 is 17.8 Å². The van der Waals surface area contributed by atoms with Crippen LogP contribution in [0.2, 0.25) is 0 Å². The number of amides is 2. The second-order valence-electron chi connectivity index (χ2n) is 4.63. The summed E-state index contributed by atoms with van der Waals surface area (Å²) in [5, 5.41) is 9.90. The average Bonchev–Trinajstić information content (AvgIpc) is 2.56. The molecular formula is C14H16N6O3. The summed E-state index contributed by atoms with van der Waals surface area (Å²) >= 11 is 0. The van der Waals surface area contributed by atoms with E-state index in [2.05, 4.69) is 31.3 Å². The van der Waals surface area contributed by atoms with Crippen molar-refractivity contribution in [2.24, 2.45) is 0 Å². The first-order valence-corrected chi connectivity index (χ1v) is 6.88. The molecule has 0 fully saturated rings. The molecule has 0 atom stereocenters. The molecule has 0 aliphatic rings. The maximum Gasteiger partial charge on any atom is 0.274 e. The standard InChI is InChI=1S/C14H16N6O3/c1-9-12(22)16-14(19-17-9)20-18-11(21)7-8-15-13(23)10-5-3-2-4-6-10/h2-6H,7-8H2,1H3,(H,15,23)(H,18,21)(H2,16,19,20,22). The number of aryl methyl sites for hydroxylation is 1. The second-order valence-corrected chi connectivity index (χ2v) is 4.63. The summed E-state index contributed by atoms with van der Waals surface area (Å²) in [6.45, 7) is 1.70. The Bertz CT molecular complexity index is 744. The monoisotopic (exact) mass is 316 g/mol. The van der Waals surface area contributed by atoms with Gasteiger partial charge in [-0.1, -0.05) is 18.2 Å². The molecule has 9 heteroatoms. The van der Waals surface area contributed by atoms with Crippen LogP contribution in [-0.2, 0) is 4.79 Å². The predicted molar refractivity (Wildman–Crippen MR) is 82.5 cm³/mol. The van der Waals surface area contributed by atoms with Gasteiger partial charge in [0.25, 0.3) is 11.5 Å². The number of hydrazine groups is 1. The summed E-state index contributed by atoms with van der Waals surface area (Å²) in [4.78, 5) is 37.1. The van der Waals surface area contributed by atoms with E-state index in [0.717, 1.165) is 0 Å². The lowest BCUT2D eigenvalue weighted by molar-refractivity contribution is -0.120. The molecule has 0 aliphatic heterocycles. The van der Waals surface area contributed by atoms with Crippen molar-refractivity contribution in [1.29, 1.82) is 0 Å². The number of aromatic nitrogens is 3. The third-order valence-corrected chi connectivity index (χ3v) is 2.85. The molecule has 2 rings (SSSR count).